The lowest BCUT2D eigenvalue weighted by Crippen LogP contribution is -2.45. The highest BCUT2D eigenvalue weighted by molar-refractivity contribution is 9.10. The lowest BCUT2D eigenvalue weighted by Gasteiger charge is -2.15. The normalized spacial score (nSPS) is 13.1. The van der Waals surface area contributed by atoms with Crippen LogP contribution in [0.15, 0.2) is 22.7 Å². The molecule has 1 rings (SSSR count). The molecular weight excluding hydrogens is 344 g/mol. The minimum absolute atomic E-state index is 0.0336. The topological polar surface area (TPSA) is 41.1 Å². The maximum absolute atomic E-state index is 13.4. The molecule has 20 heavy (non-hydrogen) atoms. The van der Waals surface area contributed by atoms with Crippen molar-refractivity contribution in [3.63, 3.8) is 0 Å². The molecule has 8 heteroatoms. The average Bonchev–Trinajstić information content (AvgIpc) is 2.35. The van der Waals surface area contributed by atoms with Crippen LogP contribution in [0.3, 0.4) is 0 Å². The summed E-state index contributed by atoms with van der Waals surface area (Å²) in [5, 5.41) is 4.42. The Hall–Kier alpha value is -1.15. The van der Waals surface area contributed by atoms with Crippen molar-refractivity contribution in [3.05, 3.63) is 34.1 Å². The number of hydrogen-bond donors (Lipinski definition) is 2. The van der Waals surface area contributed by atoms with Crippen LogP contribution in [0.25, 0.3) is 0 Å². The molecule has 1 amide bonds. The van der Waals surface area contributed by atoms with Crippen LogP contribution in [-0.4, -0.2) is 24.7 Å². The molecule has 0 aliphatic heterocycles. The fourth-order valence-electron chi connectivity index (χ4n) is 1.37. The standard InChI is InChI=1S/C12H13BrF4N2O/c1-7(11(20)19-6-12(15,16)17)18-5-8-4-9(13)2-3-10(8)14/h2-4,7,18H,5-6H2,1H3,(H,19,20). The van der Waals surface area contributed by atoms with Crippen LogP contribution in [-0.2, 0) is 11.3 Å². The van der Waals surface area contributed by atoms with Crippen LogP contribution >= 0.6 is 15.9 Å². The third kappa shape index (κ3) is 5.87. The molecule has 1 aromatic rings. The highest BCUT2D eigenvalue weighted by Gasteiger charge is 2.28. The highest BCUT2D eigenvalue weighted by atomic mass is 79.9. The Morgan fingerprint density at radius 3 is 2.65 bits per heavy atom. The average molecular weight is 357 g/mol. The molecule has 1 atom stereocenters. The van der Waals surface area contributed by atoms with Crippen LogP contribution in [0.2, 0.25) is 0 Å². The van der Waals surface area contributed by atoms with E-state index in [0.717, 1.165) is 0 Å². The Morgan fingerprint density at radius 2 is 2.05 bits per heavy atom. The van der Waals surface area contributed by atoms with E-state index >= 15 is 0 Å². The largest absolute Gasteiger partial charge is 0.405 e. The molecule has 0 saturated carbocycles. The number of rotatable bonds is 5. The number of carbonyl (C=O) groups excluding carboxylic acids is 1. The van der Waals surface area contributed by atoms with Crippen molar-refractivity contribution < 1.29 is 22.4 Å². The van der Waals surface area contributed by atoms with Crippen molar-refractivity contribution in [2.24, 2.45) is 0 Å². The van der Waals surface area contributed by atoms with Gasteiger partial charge in [0, 0.05) is 16.6 Å². The lowest BCUT2D eigenvalue weighted by molar-refractivity contribution is -0.139. The molecule has 0 aromatic heterocycles. The molecule has 1 unspecified atom stereocenters. The summed E-state index contributed by atoms with van der Waals surface area (Å²) in [5.74, 6) is -1.25. The first-order chi connectivity index (χ1) is 9.19. The van der Waals surface area contributed by atoms with Crippen molar-refractivity contribution in [3.8, 4) is 0 Å². The van der Waals surface area contributed by atoms with E-state index in [2.05, 4.69) is 21.2 Å². The summed E-state index contributed by atoms with van der Waals surface area (Å²) in [6, 6.07) is 3.45. The molecule has 112 valence electrons. The number of carbonyl (C=O) groups is 1. The zero-order chi connectivity index (χ0) is 15.3. The number of alkyl halides is 3. The molecule has 0 aliphatic rings. The Bertz CT molecular complexity index is 479. The summed E-state index contributed by atoms with van der Waals surface area (Å²) in [5.41, 5.74) is 0.315. The van der Waals surface area contributed by atoms with Crippen molar-refractivity contribution in [1.82, 2.24) is 10.6 Å². The fraction of sp³-hybridized carbons (Fsp3) is 0.417. The van der Waals surface area contributed by atoms with Gasteiger partial charge in [0.1, 0.15) is 12.4 Å². The van der Waals surface area contributed by atoms with Crippen LogP contribution in [0.4, 0.5) is 17.6 Å². The number of amides is 1. The van der Waals surface area contributed by atoms with E-state index < -0.39 is 30.5 Å². The summed E-state index contributed by atoms with van der Waals surface area (Å²) in [7, 11) is 0. The second kappa shape index (κ2) is 7.03. The number of hydrogen-bond acceptors (Lipinski definition) is 2. The van der Waals surface area contributed by atoms with Gasteiger partial charge >= 0.3 is 6.18 Å². The molecule has 0 fully saturated rings. The molecule has 1 aromatic carbocycles. The molecule has 0 heterocycles. The predicted octanol–water partition coefficient (Wildman–Crippen LogP) is 2.74. The summed E-state index contributed by atoms with van der Waals surface area (Å²) < 4.78 is 49.9. The Balaban J connectivity index is 2.48. The lowest BCUT2D eigenvalue weighted by atomic mass is 10.2. The second-order valence-electron chi connectivity index (χ2n) is 4.17. The molecule has 0 spiro atoms. The van der Waals surface area contributed by atoms with E-state index in [1.807, 2.05) is 0 Å². The molecule has 0 aliphatic carbocycles. The van der Waals surface area contributed by atoms with Gasteiger partial charge in [0.2, 0.25) is 5.91 Å². The van der Waals surface area contributed by atoms with E-state index in [9.17, 15) is 22.4 Å². The third-order valence-electron chi connectivity index (χ3n) is 2.46. The van der Waals surface area contributed by atoms with Gasteiger partial charge in [-0.15, -0.1) is 0 Å². The molecule has 0 radical (unpaired) electrons. The van der Waals surface area contributed by atoms with E-state index in [1.54, 1.807) is 5.32 Å². The van der Waals surface area contributed by atoms with Crippen molar-refractivity contribution in [2.75, 3.05) is 6.54 Å². The van der Waals surface area contributed by atoms with Gasteiger partial charge in [-0.2, -0.15) is 13.2 Å². The first-order valence-corrected chi connectivity index (χ1v) is 6.50. The Morgan fingerprint density at radius 1 is 1.40 bits per heavy atom. The highest BCUT2D eigenvalue weighted by Crippen LogP contribution is 2.15. The van der Waals surface area contributed by atoms with Crippen molar-refractivity contribution in [1.29, 1.82) is 0 Å². The zero-order valence-electron chi connectivity index (χ0n) is 10.5. The minimum Gasteiger partial charge on any atom is -0.346 e. The Labute approximate surface area is 121 Å². The SMILES string of the molecule is CC(NCc1cc(Br)ccc1F)C(=O)NCC(F)(F)F. The number of halogens is 5. The van der Waals surface area contributed by atoms with E-state index in [1.165, 1.54) is 25.1 Å². The Kier molecular flexibility index (Phi) is 5.94. The first kappa shape index (κ1) is 16.9. The molecule has 0 bridgehead atoms. The van der Waals surface area contributed by atoms with Crippen LogP contribution in [0, 0.1) is 5.82 Å². The smallest absolute Gasteiger partial charge is 0.346 e. The second-order valence-corrected chi connectivity index (χ2v) is 5.09. The van der Waals surface area contributed by atoms with Crippen molar-refractivity contribution >= 4 is 21.8 Å². The van der Waals surface area contributed by atoms with Crippen molar-refractivity contribution in [2.45, 2.75) is 25.7 Å². The van der Waals surface area contributed by atoms with E-state index in [4.69, 9.17) is 0 Å². The van der Waals surface area contributed by atoms with Gasteiger partial charge in [0.15, 0.2) is 0 Å². The van der Waals surface area contributed by atoms with Gasteiger partial charge in [-0.25, -0.2) is 4.39 Å². The quantitative estimate of drug-likeness (QED) is 0.796. The van der Waals surface area contributed by atoms with Crippen LogP contribution in [0.5, 0.6) is 0 Å². The molecule has 0 saturated heterocycles. The van der Waals surface area contributed by atoms with E-state index in [0.29, 0.717) is 10.0 Å². The summed E-state index contributed by atoms with van der Waals surface area (Å²) in [6.07, 6.45) is -4.45. The monoisotopic (exact) mass is 356 g/mol. The molecular formula is C12H13BrF4N2O. The van der Waals surface area contributed by atoms with Gasteiger partial charge in [-0.05, 0) is 25.1 Å². The summed E-state index contributed by atoms with van der Waals surface area (Å²) >= 11 is 3.18. The first-order valence-electron chi connectivity index (χ1n) is 5.71. The zero-order valence-corrected chi connectivity index (χ0v) is 12.1. The molecule has 2 N–H and O–H groups in total. The van der Waals surface area contributed by atoms with Gasteiger partial charge in [-0.1, -0.05) is 15.9 Å². The summed E-state index contributed by atoms with van der Waals surface area (Å²) in [6.45, 7) is 0.0522. The number of benzene rings is 1. The van der Waals surface area contributed by atoms with Gasteiger partial charge in [0.25, 0.3) is 0 Å². The fourth-order valence-corrected chi connectivity index (χ4v) is 1.78. The molecule has 3 nitrogen and oxygen atoms in total. The maximum atomic E-state index is 13.4. The van der Waals surface area contributed by atoms with Gasteiger partial charge in [0.05, 0.1) is 6.04 Å². The third-order valence-corrected chi connectivity index (χ3v) is 2.96. The van der Waals surface area contributed by atoms with E-state index in [-0.39, 0.29) is 6.54 Å². The predicted molar refractivity (Wildman–Crippen MR) is 69.5 cm³/mol. The maximum Gasteiger partial charge on any atom is 0.405 e. The number of nitrogens with one attached hydrogen (secondary N) is 2. The summed E-state index contributed by atoms with van der Waals surface area (Å²) in [4.78, 5) is 11.4. The minimum atomic E-state index is -4.45. The van der Waals surface area contributed by atoms with Gasteiger partial charge < -0.3 is 10.6 Å². The van der Waals surface area contributed by atoms with Crippen LogP contribution in [0.1, 0.15) is 12.5 Å². The van der Waals surface area contributed by atoms with Crippen LogP contribution < -0.4 is 10.6 Å². The van der Waals surface area contributed by atoms with Gasteiger partial charge in [-0.3, -0.25) is 4.79 Å².